The maximum absolute atomic E-state index is 12.3. The number of likely N-dealkylation sites (tertiary alicyclic amines) is 2. The number of nitrogens with zero attached hydrogens (tertiary/aromatic N) is 6. The SMILES string of the molecule is Cn1nc(C(N)=O)c2c(C3CCN(CCN4CCCC4)CC3)cc(N3CCCCCC3)nc21. The molecule has 5 heterocycles. The molecule has 8 nitrogen and oxygen atoms in total. The highest BCUT2D eigenvalue weighted by Gasteiger charge is 2.28. The number of hydrogen-bond donors (Lipinski definition) is 1. The van der Waals surface area contributed by atoms with Crippen LogP contribution in [0.1, 0.15) is 73.3 Å². The average Bonchev–Trinajstić information content (AvgIpc) is 3.37. The van der Waals surface area contributed by atoms with Gasteiger partial charge in [0, 0.05) is 33.2 Å². The van der Waals surface area contributed by atoms with Crippen molar-refractivity contribution < 1.29 is 4.79 Å². The molecule has 2 aromatic heterocycles. The number of hydrogen-bond acceptors (Lipinski definition) is 6. The second-order valence-electron chi connectivity index (χ2n) is 10.2. The lowest BCUT2D eigenvalue weighted by Gasteiger charge is -2.34. The number of fused-ring (bicyclic) bond motifs is 1. The van der Waals surface area contributed by atoms with Crippen LogP contribution in [0, 0.1) is 0 Å². The lowest BCUT2D eigenvalue weighted by atomic mass is 9.87. The van der Waals surface area contributed by atoms with Crippen LogP contribution in [0.5, 0.6) is 0 Å². The number of aryl methyl sites for hydroxylation is 1. The maximum Gasteiger partial charge on any atom is 0.269 e. The minimum Gasteiger partial charge on any atom is -0.364 e. The normalized spacial score (nSPS) is 21.7. The molecule has 1 amide bonds. The van der Waals surface area contributed by atoms with E-state index in [4.69, 9.17) is 10.7 Å². The van der Waals surface area contributed by atoms with Crippen molar-refractivity contribution in [1.82, 2.24) is 24.6 Å². The largest absolute Gasteiger partial charge is 0.364 e. The van der Waals surface area contributed by atoms with Crippen LogP contribution in [0.25, 0.3) is 11.0 Å². The molecule has 0 aliphatic carbocycles. The van der Waals surface area contributed by atoms with Crippen LogP contribution in [-0.4, -0.2) is 82.8 Å². The smallest absolute Gasteiger partial charge is 0.269 e. The lowest BCUT2D eigenvalue weighted by Crippen LogP contribution is -2.38. The third-order valence-corrected chi connectivity index (χ3v) is 7.93. The van der Waals surface area contributed by atoms with Gasteiger partial charge < -0.3 is 20.4 Å². The summed E-state index contributed by atoms with van der Waals surface area (Å²) < 4.78 is 1.74. The van der Waals surface area contributed by atoms with E-state index >= 15 is 0 Å². The molecule has 3 saturated heterocycles. The molecule has 0 saturated carbocycles. The number of carbonyl (C=O) groups excluding carboxylic acids is 1. The first kappa shape index (κ1) is 22.6. The summed E-state index contributed by atoms with van der Waals surface area (Å²) in [7, 11) is 1.87. The third-order valence-electron chi connectivity index (χ3n) is 7.93. The van der Waals surface area contributed by atoms with E-state index in [9.17, 15) is 4.79 Å². The quantitative estimate of drug-likeness (QED) is 0.724. The Bertz CT molecular complexity index is 965. The number of piperidine rings is 1. The molecule has 0 radical (unpaired) electrons. The molecule has 2 aromatic rings. The topological polar surface area (TPSA) is 83.5 Å². The van der Waals surface area contributed by atoms with Gasteiger partial charge in [-0.25, -0.2) is 9.67 Å². The number of pyridine rings is 1. The second-order valence-corrected chi connectivity index (χ2v) is 10.2. The van der Waals surface area contributed by atoms with E-state index in [2.05, 4.69) is 25.9 Å². The first-order valence-corrected chi connectivity index (χ1v) is 13.0. The molecule has 2 N–H and O–H groups in total. The van der Waals surface area contributed by atoms with Crippen LogP contribution in [-0.2, 0) is 7.05 Å². The van der Waals surface area contributed by atoms with Gasteiger partial charge in [0.2, 0.25) is 0 Å². The number of anilines is 1. The van der Waals surface area contributed by atoms with Crippen molar-refractivity contribution in [2.45, 2.75) is 57.3 Å². The Labute approximate surface area is 197 Å². The molecule has 3 fully saturated rings. The van der Waals surface area contributed by atoms with Gasteiger partial charge in [-0.2, -0.15) is 5.10 Å². The van der Waals surface area contributed by atoms with Crippen molar-refractivity contribution in [3.8, 4) is 0 Å². The van der Waals surface area contributed by atoms with Gasteiger partial charge >= 0.3 is 0 Å². The van der Waals surface area contributed by atoms with Gasteiger partial charge in [-0.1, -0.05) is 12.8 Å². The predicted molar refractivity (Wildman–Crippen MR) is 132 cm³/mol. The Kier molecular flexibility index (Phi) is 6.83. The van der Waals surface area contributed by atoms with Gasteiger partial charge in [0.25, 0.3) is 5.91 Å². The maximum atomic E-state index is 12.3. The van der Waals surface area contributed by atoms with E-state index in [1.54, 1.807) is 4.68 Å². The molecule has 0 spiro atoms. The van der Waals surface area contributed by atoms with Gasteiger partial charge in [0.15, 0.2) is 11.3 Å². The second kappa shape index (κ2) is 9.97. The Balaban J connectivity index is 1.40. The number of carbonyl (C=O) groups is 1. The van der Waals surface area contributed by atoms with Crippen molar-refractivity contribution in [3.63, 3.8) is 0 Å². The molecule has 0 atom stereocenters. The number of rotatable bonds is 6. The van der Waals surface area contributed by atoms with Gasteiger partial charge in [-0.3, -0.25) is 4.79 Å². The number of aromatic nitrogens is 3. The van der Waals surface area contributed by atoms with Crippen molar-refractivity contribution >= 4 is 22.8 Å². The number of amides is 1. The van der Waals surface area contributed by atoms with Gasteiger partial charge in [-0.05, 0) is 82.3 Å². The Morgan fingerprint density at radius 1 is 0.939 bits per heavy atom. The zero-order valence-corrected chi connectivity index (χ0v) is 20.1. The van der Waals surface area contributed by atoms with Crippen LogP contribution in [0.3, 0.4) is 0 Å². The zero-order valence-electron chi connectivity index (χ0n) is 20.1. The molecule has 8 heteroatoms. The van der Waals surface area contributed by atoms with Crippen LogP contribution in [0.4, 0.5) is 5.82 Å². The minimum atomic E-state index is -0.464. The molecule has 0 unspecified atom stereocenters. The van der Waals surface area contributed by atoms with E-state index in [0.29, 0.717) is 11.6 Å². The summed E-state index contributed by atoms with van der Waals surface area (Å²) in [6.45, 7) is 9.19. The predicted octanol–water partition coefficient (Wildman–Crippen LogP) is 2.72. The van der Waals surface area contributed by atoms with Crippen LogP contribution < -0.4 is 10.6 Å². The van der Waals surface area contributed by atoms with Crippen LogP contribution in [0.2, 0.25) is 0 Å². The van der Waals surface area contributed by atoms with Crippen LogP contribution >= 0.6 is 0 Å². The monoisotopic (exact) mass is 453 g/mol. The van der Waals surface area contributed by atoms with Crippen molar-refractivity contribution in [1.29, 1.82) is 0 Å². The Morgan fingerprint density at radius 3 is 2.18 bits per heavy atom. The molecule has 3 aliphatic heterocycles. The Morgan fingerprint density at radius 2 is 1.55 bits per heavy atom. The highest BCUT2D eigenvalue weighted by atomic mass is 16.1. The summed E-state index contributed by atoms with van der Waals surface area (Å²) in [5, 5.41) is 5.36. The third kappa shape index (κ3) is 4.87. The fourth-order valence-corrected chi connectivity index (χ4v) is 5.97. The zero-order chi connectivity index (χ0) is 22.8. The summed E-state index contributed by atoms with van der Waals surface area (Å²) in [6.07, 6.45) is 9.92. The summed E-state index contributed by atoms with van der Waals surface area (Å²) in [5.74, 6) is 0.982. The average molecular weight is 454 g/mol. The standard InChI is InChI=1S/C25H39N7O/c1-29-25-22(23(28-29)24(26)33)20(18-21(27-25)32-12-4-2-3-5-13-32)19-8-14-31(15-9-19)17-16-30-10-6-7-11-30/h18-19H,2-17H2,1H3,(H2,26,33). The fraction of sp³-hybridized carbons (Fsp3) is 0.720. The van der Waals surface area contributed by atoms with Gasteiger partial charge in [0.1, 0.15) is 5.82 Å². The van der Waals surface area contributed by atoms with Crippen molar-refractivity contribution in [3.05, 3.63) is 17.3 Å². The summed E-state index contributed by atoms with van der Waals surface area (Å²) in [6, 6.07) is 2.26. The molecular formula is C25H39N7O. The van der Waals surface area contributed by atoms with Gasteiger partial charge in [0.05, 0.1) is 5.39 Å². The molecule has 5 rings (SSSR count). The van der Waals surface area contributed by atoms with E-state index < -0.39 is 5.91 Å². The highest BCUT2D eigenvalue weighted by molar-refractivity contribution is 6.05. The number of primary amides is 1. The molecule has 0 aromatic carbocycles. The number of nitrogens with two attached hydrogens (primary N) is 1. The minimum absolute atomic E-state index is 0.369. The summed E-state index contributed by atoms with van der Waals surface area (Å²) >= 11 is 0. The van der Waals surface area contributed by atoms with E-state index in [-0.39, 0.29) is 0 Å². The lowest BCUT2D eigenvalue weighted by molar-refractivity contribution is 0.0996. The van der Waals surface area contributed by atoms with E-state index in [1.807, 2.05) is 7.05 Å². The first-order chi connectivity index (χ1) is 16.1. The van der Waals surface area contributed by atoms with Crippen molar-refractivity contribution in [2.24, 2.45) is 12.8 Å². The van der Waals surface area contributed by atoms with Crippen molar-refractivity contribution in [2.75, 3.05) is 57.3 Å². The summed E-state index contributed by atoms with van der Waals surface area (Å²) in [4.78, 5) is 24.9. The first-order valence-electron chi connectivity index (χ1n) is 13.0. The molecule has 180 valence electrons. The van der Waals surface area contributed by atoms with E-state index in [0.717, 1.165) is 62.4 Å². The highest BCUT2D eigenvalue weighted by Crippen LogP contribution is 2.36. The molecule has 0 bridgehead atoms. The molecule has 33 heavy (non-hydrogen) atoms. The summed E-state index contributed by atoms with van der Waals surface area (Å²) in [5.41, 5.74) is 8.13. The van der Waals surface area contributed by atoms with Gasteiger partial charge in [-0.15, -0.1) is 0 Å². The molecule has 3 aliphatic rings. The van der Waals surface area contributed by atoms with E-state index in [1.165, 1.54) is 63.7 Å². The molecular weight excluding hydrogens is 414 g/mol. The Hall–Kier alpha value is -2.19. The fourth-order valence-electron chi connectivity index (χ4n) is 5.97. The van der Waals surface area contributed by atoms with Crippen LogP contribution in [0.15, 0.2) is 6.07 Å².